The Hall–Kier alpha value is -2.45. The van der Waals surface area contributed by atoms with Gasteiger partial charge in [-0.3, -0.25) is 4.79 Å². The second kappa shape index (κ2) is 9.78. The first-order valence-corrected chi connectivity index (χ1v) is 12.1. The molecule has 2 aromatic carbocycles. The van der Waals surface area contributed by atoms with Crippen LogP contribution in [0.4, 0.5) is 5.69 Å². The number of anilines is 1. The van der Waals surface area contributed by atoms with Crippen LogP contribution in [-0.4, -0.2) is 33.7 Å². The summed E-state index contributed by atoms with van der Waals surface area (Å²) >= 11 is 3.08. The van der Waals surface area contributed by atoms with Crippen molar-refractivity contribution in [3.8, 4) is 5.75 Å². The topological polar surface area (TPSA) is 68.5 Å². The number of fused-ring (bicyclic) bond motifs is 1. The fraction of sp³-hybridized carbons (Fsp3) is 0.348. The van der Waals surface area contributed by atoms with Crippen LogP contribution in [0.5, 0.6) is 5.75 Å². The van der Waals surface area contributed by atoms with Crippen LogP contribution in [0.15, 0.2) is 57.0 Å². The lowest BCUT2D eigenvalue weighted by Crippen LogP contribution is -2.33. The Morgan fingerprint density at radius 3 is 2.97 bits per heavy atom. The first-order chi connectivity index (χ1) is 15.0. The van der Waals surface area contributed by atoms with E-state index in [1.165, 1.54) is 11.8 Å². The lowest BCUT2D eigenvalue weighted by Gasteiger charge is -2.22. The zero-order valence-electron chi connectivity index (χ0n) is 17.8. The lowest BCUT2D eigenvalue weighted by atomic mass is 10.1. The molecule has 31 heavy (non-hydrogen) atoms. The molecule has 1 atom stereocenters. The Morgan fingerprint density at radius 2 is 2.10 bits per heavy atom. The van der Waals surface area contributed by atoms with Crippen molar-refractivity contribution in [2.75, 3.05) is 17.2 Å². The van der Waals surface area contributed by atoms with Gasteiger partial charge in [0.15, 0.2) is 6.61 Å². The number of nitrogens with zero attached hydrogens (tertiary/aromatic N) is 3. The highest BCUT2D eigenvalue weighted by atomic mass is 32.2. The minimum Gasteiger partial charge on any atom is -0.484 e. The van der Waals surface area contributed by atoms with Crippen LogP contribution < -0.4 is 9.64 Å². The summed E-state index contributed by atoms with van der Waals surface area (Å²) in [6.45, 7) is 7.12. The van der Waals surface area contributed by atoms with Gasteiger partial charge in [0.25, 0.3) is 11.1 Å². The Labute approximate surface area is 190 Å². The molecule has 1 aromatic heterocycles. The number of para-hydroxylation sites is 1. The maximum absolute atomic E-state index is 13.0. The normalized spacial score (nSPS) is 16.0. The molecule has 0 N–H and O–H groups in total. The van der Waals surface area contributed by atoms with Crippen LogP contribution in [0.1, 0.15) is 30.4 Å². The van der Waals surface area contributed by atoms with Crippen molar-refractivity contribution < 1.29 is 13.9 Å². The van der Waals surface area contributed by atoms with Gasteiger partial charge < -0.3 is 14.1 Å². The Bertz CT molecular complexity index is 1070. The van der Waals surface area contributed by atoms with Crippen LogP contribution in [0.25, 0.3) is 0 Å². The van der Waals surface area contributed by atoms with Gasteiger partial charge in [-0.25, -0.2) is 0 Å². The minimum atomic E-state index is 0.0403. The molecule has 2 heterocycles. The van der Waals surface area contributed by atoms with E-state index in [9.17, 15) is 4.79 Å². The summed E-state index contributed by atoms with van der Waals surface area (Å²) in [5.74, 6) is 1.47. The second-order valence-corrected chi connectivity index (χ2v) is 9.95. The van der Waals surface area contributed by atoms with E-state index < -0.39 is 0 Å². The molecule has 1 amide bonds. The molecule has 0 saturated heterocycles. The SMILES string of the molecule is Cc1ccc(C)c(OCc2nnc(SCC(=O)N3CC[C@@H](C)Sc4ccccc43)o2)c1. The van der Waals surface area contributed by atoms with Crippen molar-refractivity contribution in [2.24, 2.45) is 0 Å². The predicted octanol–water partition coefficient (Wildman–Crippen LogP) is 5.28. The van der Waals surface area contributed by atoms with Gasteiger partial charge in [-0.05, 0) is 49.6 Å². The van der Waals surface area contributed by atoms with Gasteiger partial charge in [-0.15, -0.1) is 22.0 Å². The Kier molecular flexibility index (Phi) is 6.87. The van der Waals surface area contributed by atoms with Gasteiger partial charge in [-0.2, -0.15) is 0 Å². The fourth-order valence-corrected chi connectivity index (χ4v) is 5.07. The maximum atomic E-state index is 13.0. The number of hydrogen-bond acceptors (Lipinski definition) is 7. The number of thioether (sulfide) groups is 2. The number of carbonyl (C=O) groups is 1. The summed E-state index contributed by atoms with van der Waals surface area (Å²) in [7, 11) is 0. The summed E-state index contributed by atoms with van der Waals surface area (Å²) in [5, 5.41) is 8.94. The number of amides is 1. The van der Waals surface area contributed by atoms with Gasteiger partial charge in [0.1, 0.15) is 5.75 Å². The molecule has 0 unspecified atom stereocenters. The van der Waals surface area contributed by atoms with Crippen LogP contribution in [0.2, 0.25) is 0 Å². The molecule has 3 aromatic rings. The minimum absolute atomic E-state index is 0.0403. The van der Waals surface area contributed by atoms with Crippen molar-refractivity contribution in [3.05, 3.63) is 59.5 Å². The van der Waals surface area contributed by atoms with E-state index in [4.69, 9.17) is 9.15 Å². The van der Waals surface area contributed by atoms with E-state index in [0.717, 1.165) is 33.9 Å². The van der Waals surface area contributed by atoms with E-state index in [0.29, 0.717) is 22.9 Å². The summed E-state index contributed by atoms with van der Waals surface area (Å²) in [6.07, 6.45) is 0.955. The number of ether oxygens (including phenoxy) is 1. The number of aryl methyl sites for hydroxylation is 2. The first kappa shape index (κ1) is 21.8. The molecular formula is C23H25N3O3S2. The van der Waals surface area contributed by atoms with Crippen LogP contribution >= 0.6 is 23.5 Å². The quantitative estimate of drug-likeness (QED) is 0.469. The van der Waals surface area contributed by atoms with E-state index >= 15 is 0 Å². The largest absolute Gasteiger partial charge is 0.484 e. The van der Waals surface area contributed by atoms with E-state index in [2.05, 4.69) is 23.2 Å². The fourth-order valence-electron chi connectivity index (χ4n) is 3.30. The third kappa shape index (κ3) is 5.43. The smallest absolute Gasteiger partial charge is 0.277 e. The molecule has 0 bridgehead atoms. The average molecular weight is 456 g/mol. The highest BCUT2D eigenvalue weighted by Crippen LogP contribution is 2.37. The maximum Gasteiger partial charge on any atom is 0.277 e. The van der Waals surface area contributed by atoms with Crippen molar-refractivity contribution in [3.63, 3.8) is 0 Å². The molecule has 0 fully saturated rings. The van der Waals surface area contributed by atoms with E-state index in [1.807, 2.05) is 66.9 Å². The molecule has 0 spiro atoms. The predicted molar refractivity (Wildman–Crippen MR) is 124 cm³/mol. The molecule has 0 radical (unpaired) electrons. The van der Waals surface area contributed by atoms with Gasteiger partial charge in [0.2, 0.25) is 5.91 Å². The van der Waals surface area contributed by atoms with Crippen molar-refractivity contribution in [1.29, 1.82) is 0 Å². The Balaban J connectivity index is 1.35. The molecule has 4 rings (SSSR count). The number of hydrogen-bond donors (Lipinski definition) is 0. The zero-order valence-corrected chi connectivity index (χ0v) is 19.5. The summed E-state index contributed by atoms with van der Waals surface area (Å²) in [6, 6.07) is 14.1. The second-order valence-electron chi connectivity index (χ2n) is 7.54. The summed E-state index contributed by atoms with van der Waals surface area (Å²) in [5.41, 5.74) is 3.16. The van der Waals surface area contributed by atoms with Crippen LogP contribution in [-0.2, 0) is 11.4 Å². The number of benzene rings is 2. The van der Waals surface area contributed by atoms with E-state index in [-0.39, 0.29) is 18.3 Å². The highest BCUT2D eigenvalue weighted by molar-refractivity contribution is 8.00. The van der Waals surface area contributed by atoms with Crippen molar-refractivity contribution >= 4 is 35.1 Å². The molecule has 0 saturated carbocycles. The molecule has 6 nitrogen and oxygen atoms in total. The number of aromatic nitrogens is 2. The lowest BCUT2D eigenvalue weighted by molar-refractivity contribution is -0.116. The molecule has 8 heteroatoms. The van der Waals surface area contributed by atoms with Crippen LogP contribution in [0, 0.1) is 13.8 Å². The van der Waals surface area contributed by atoms with E-state index in [1.54, 1.807) is 0 Å². The molecule has 0 aliphatic carbocycles. The van der Waals surface area contributed by atoms with Crippen molar-refractivity contribution in [2.45, 2.75) is 49.2 Å². The molecular weight excluding hydrogens is 430 g/mol. The average Bonchev–Trinajstić information content (AvgIpc) is 3.14. The monoisotopic (exact) mass is 455 g/mol. The number of carbonyl (C=O) groups excluding carboxylic acids is 1. The molecule has 1 aliphatic rings. The van der Waals surface area contributed by atoms with Gasteiger partial charge >= 0.3 is 0 Å². The summed E-state index contributed by atoms with van der Waals surface area (Å²) < 4.78 is 11.5. The number of rotatable bonds is 6. The van der Waals surface area contributed by atoms with Gasteiger partial charge in [0, 0.05) is 16.7 Å². The standard InChI is InChI=1S/C23H25N3O3S2/c1-15-8-9-16(2)19(12-15)28-13-21-24-25-23(29-21)30-14-22(27)26-11-10-17(3)31-20-7-5-4-6-18(20)26/h4-9,12,17H,10-11,13-14H2,1-3H3/t17-/m1/s1. The summed E-state index contributed by atoms with van der Waals surface area (Å²) in [4.78, 5) is 16.0. The zero-order chi connectivity index (χ0) is 21.8. The van der Waals surface area contributed by atoms with Crippen LogP contribution in [0.3, 0.4) is 0 Å². The first-order valence-electron chi connectivity index (χ1n) is 10.2. The van der Waals surface area contributed by atoms with Gasteiger partial charge in [-0.1, -0.05) is 43.0 Å². The Morgan fingerprint density at radius 1 is 1.26 bits per heavy atom. The van der Waals surface area contributed by atoms with Gasteiger partial charge in [0.05, 0.1) is 11.4 Å². The molecule has 1 aliphatic heterocycles. The highest BCUT2D eigenvalue weighted by Gasteiger charge is 2.24. The van der Waals surface area contributed by atoms with Crippen molar-refractivity contribution in [1.82, 2.24) is 10.2 Å². The molecule has 162 valence electrons. The third-order valence-electron chi connectivity index (χ3n) is 5.01. The third-order valence-corrected chi connectivity index (χ3v) is 7.05.